The zero-order chi connectivity index (χ0) is 14.1. The Kier molecular flexibility index (Phi) is 6.58. The summed E-state index contributed by atoms with van der Waals surface area (Å²) in [6.45, 7) is 0.0215. The Hall–Kier alpha value is -1.34. The Morgan fingerprint density at radius 2 is 1.95 bits per heavy atom. The van der Waals surface area contributed by atoms with E-state index in [9.17, 15) is 13.2 Å². The molecule has 0 atom stereocenters. The largest absolute Gasteiger partial charge is 0.492 e. The van der Waals surface area contributed by atoms with Gasteiger partial charge in [0.05, 0.1) is 12.2 Å². The lowest BCUT2D eigenvalue weighted by molar-refractivity contribution is -0.136. The van der Waals surface area contributed by atoms with Crippen LogP contribution in [0.15, 0.2) is 24.3 Å². The molecule has 0 N–H and O–H groups in total. The molecular formula is C14H14ClF3O. The normalized spacial score (nSPS) is 10.7. The molecule has 0 unspecified atom stereocenters. The predicted molar refractivity (Wildman–Crippen MR) is 69.4 cm³/mol. The van der Waals surface area contributed by atoms with Crippen LogP contribution in [0.25, 0.3) is 0 Å². The number of hydrogen-bond acceptors (Lipinski definition) is 1. The third-order valence-electron chi connectivity index (χ3n) is 2.19. The topological polar surface area (TPSA) is 9.23 Å². The third kappa shape index (κ3) is 6.97. The SMILES string of the molecule is FC(F)(F)CCCOc1ccccc1C#CCCCl. The molecule has 0 saturated carbocycles. The van der Waals surface area contributed by atoms with Crippen molar-refractivity contribution in [1.82, 2.24) is 0 Å². The van der Waals surface area contributed by atoms with Crippen molar-refractivity contribution >= 4 is 11.6 Å². The lowest BCUT2D eigenvalue weighted by Crippen LogP contribution is -2.10. The highest BCUT2D eigenvalue weighted by molar-refractivity contribution is 6.18. The van der Waals surface area contributed by atoms with E-state index in [1.807, 2.05) is 0 Å². The number of hydrogen-bond donors (Lipinski definition) is 0. The number of alkyl halides is 4. The quantitative estimate of drug-likeness (QED) is 0.444. The van der Waals surface area contributed by atoms with Crippen LogP contribution in [0.1, 0.15) is 24.8 Å². The van der Waals surface area contributed by atoms with Crippen molar-refractivity contribution in [2.75, 3.05) is 12.5 Å². The first-order valence-corrected chi connectivity index (χ1v) is 6.40. The summed E-state index contributed by atoms with van der Waals surface area (Å²) in [4.78, 5) is 0. The first-order valence-electron chi connectivity index (χ1n) is 5.86. The van der Waals surface area contributed by atoms with E-state index in [-0.39, 0.29) is 13.0 Å². The van der Waals surface area contributed by atoms with Crippen molar-refractivity contribution in [2.24, 2.45) is 0 Å². The Labute approximate surface area is 115 Å². The fraction of sp³-hybridized carbons (Fsp3) is 0.429. The second-order valence-electron chi connectivity index (χ2n) is 3.80. The van der Waals surface area contributed by atoms with Crippen LogP contribution in [-0.2, 0) is 0 Å². The van der Waals surface area contributed by atoms with Gasteiger partial charge in [-0.15, -0.1) is 11.6 Å². The van der Waals surface area contributed by atoms with Gasteiger partial charge >= 0.3 is 6.18 Å². The highest BCUT2D eigenvalue weighted by Crippen LogP contribution is 2.22. The van der Waals surface area contributed by atoms with Crippen molar-refractivity contribution in [2.45, 2.75) is 25.4 Å². The van der Waals surface area contributed by atoms with Crippen LogP contribution >= 0.6 is 11.6 Å². The molecular weight excluding hydrogens is 277 g/mol. The summed E-state index contributed by atoms with van der Waals surface area (Å²) in [7, 11) is 0. The summed E-state index contributed by atoms with van der Waals surface area (Å²) in [5.41, 5.74) is 0.666. The molecule has 0 fully saturated rings. The van der Waals surface area contributed by atoms with Crippen LogP contribution in [0, 0.1) is 11.8 Å². The zero-order valence-corrected chi connectivity index (χ0v) is 11.0. The van der Waals surface area contributed by atoms with Crippen LogP contribution in [0.5, 0.6) is 5.75 Å². The van der Waals surface area contributed by atoms with Crippen molar-refractivity contribution in [3.05, 3.63) is 29.8 Å². The molecule has 1 nitrogen and oxygen atoms in total. The molecule has 1 rings (SSSR count). The summed E-state index contributed by atoms with van der Waals surface area (Å²) in [5.74, 6) is 6.71. The highest BCUT2D eigenvalue weighted by atomic mass is 35.5. The summed E-state index contributed by atoms with van der Waals surface area (Å²) in [5, 5.41) is 0. The van der Waals surface area contributed by atoms with E-state index in [1.54, 1.807) is 24.3 Å². The Balaban J connectivity index is 2.52. The van der Waals surface area contributed by atoms with Crippen LogP contribution < -0.4 is 4.74 Å². The molecule has 1 aromatic carbocycles. The third-order valence-corrected chi connectivity index (χ3v) is 2.38. The number of halogens is 4. The van der Waals surface area contributed by atoms with Crippen LogP contribution in [-0.4, -0.2) is 18.7 Å². The van der Waals surface area contributed by atoms with E-state index < -0.39 is 12.6 Å². The van der Waals surface area contributed by atoms with Crippen molar-refractivity contribution in [1.29, 1.82) is 0 Å². The van der Waals surface area contributed by atoms with Crippen LogP contribution in [0.2, 0.25) is 0 Å². The Morgan fingerprint density at radius 3 is 2.63 bits per heavy atom. The van der Waals surface area contributed by atoms with Gasteiger partial charge in [0.25, 0.3) is 0 Å². The minimum absolute atomic E-state index is 0.0215. The van der Waals surface area contributed by atoms with E-state index in [2.05, 4.69) is 11.8 Å². The van der Waals surface area contributed by atoms with E-state index >= 15 is 0 Å². The molecule has 0 amide bonds. The average Bonchev–Trinajstić information content (AvgIpc) is 2.35. The van der Waals surface area contributed by atoms with Gasteiger partial charge in [0.1, 0.15) is 5.75 Å². The standard InChI is InChI=1S/C14H14ClF3O/c15-10-4-3-7-12-6-1-2-8-13(12)19-11-5-9-14(16,17)18/h1-2,6,8H,4-5,9-11H2. The minimum Gasteiger partial charge on any atom is -0.492 e. The first-order chi connectivity index (χ1) is 9.03. The second-order valence-corrected chi connectivity index (χ2v) is 4.18. The van der Waals surface area contributed by atoms with Crippen molar-refractivity contribution < 1.29 is 17.9 Å². The minimum atomic E-state index is -4.14. The maximum Gasteiger partial charge on any atom is 0.389 e. The van der Waals surface area contributed by atoms with Gasteiger partial charge in [-0.25, -0.2) is 0 Å². The van der Waals surface area contributed by atoms with Gasteiger partial charge in [-0.05, 0) is 18.6 Å². The molecule has 0 spiro atoms. The van der Waals surface area contributed by atoms with E-state index in [0.29, 0.717) is 23.6 Å². The zero-order valence-electron chi connectivity index (χ0n) is 10.3. The summed E-state index contributed by atoms with van der Waals surface area (Å²) in [6.07, 6.45) is -4.48. The molecule has 0 heterocycles. The molecule has 0 aliphatic heterocycles. The smallest absolute Gasteiger partial charge is 0.389 e. The van der Waals surface area contributed by atoms with E-state index in [0.717, 1.165) is 0 Å². The molecule has 0 radical (unpaired) electrons. The maximum atomic E-state index is 12.0. The van der Waals surface area contributed by atoms with Gasteiger partial charge < -0.3 is 4.74 Å². The van der Waals surface area contributed by atoms with Crippen LogP contribution in [0.4, 0.5) is 13.2 Å². The monoisotopic (exact) mass is 290 g/mol. The van der Waals surface area contributed by atoms with E-state index in [1.165, 1.54) is 0 Å². The Morgan fingerprint density at radius 1 is 1.21 bits per heavy atom. The van der Waals surface area contributed by atoms with Gasteiger partial charge in [-0.2, -0.15) is 13.2 Å². The average molecular weight is 291 g/mol. The molecule has 0 aliphatic rings. The predicted octanol–water partition coefficient (Wildman–Crippen LogP) is 4.39. The number of rotatable bonds is 5. The van der Waals surface area contributed by atoms with Crippen molar-refractivity contribution in [3.8, 4) is 17.6 Å². The lowest BCUT2D eigenvalue weighted by atomic mass is 10.2. The summed E-state index contributed by atoms with van der Waals surface area (Å²) < 4.78 is 41.3. The molecule has 5 heteroatoms. The van der Waals surface area contributed by atoms with Gasteiger partial charge in [0, 0.05) is 18.7 Å². The van der Waals surface area contributed by atoms with Gasteiger partial charge in [-0.1, -0.05) is 24.0 Å². The summed E-state index contributed by atoms with van der Waals surface area (Å²) in [6, 6.07) is 7.01. The Bertz CT molecular complexity index is 446. The number of para-hydroxylation sites is 1. The molecule has 0 saturated heterocycles. The molecule has 104 valence electrons. The van der Waals surface area contributed by atoms with E-state index in [4.69, 9.17) is 16.3 Å². The number of ether oxygens (including phenoxy) is 1. The maximum absolute atomic E-state index is 12.0. The van der Waals surface area contributed by atoms with Gasteiger partial charge in [-0.3, -0.25) is 0 Å². The summed E-state index contributed by atoms with van der Waals surface area (Å²) >= 11 is 5.51. The van der Waals surface area contributed by atoms with Crippen LogP contribution in [0.3, 0.4) is 0 Å². The molecule has 0 aromatic heterocycles. The van der Waals surface area contributed by atoms with Gasteiger partial charge in [0.15, 0.2) is 0 Å². The molecule has 1 aromatic rings. The van der Waals surface area contributed by atoms with Gasteiger partial charge in [0.2, 0.25) is 0 Å². The highest BCUT2D eigenvalue weighted by Gasteiger charge is 2.26. The molecule has 0 aliphatic carbocycles. The lowest BCUT2D eigenvalue weighted by Gasteiger charge is -2.09. The molecule has 0 bridgehead atoms. The van der Waals surface area contributed by atoms with Crippen molar-refractivity contribution in [3.63, 3.8) is 0 Å². The molecule has 19 heavy (non-hydrogen) atoms. The fourth-order valence-electron chi connectivity index (χ4n) is 1.36. The fourth-order valence-corrected chi connectivity index (χ4v) is 1.45. The second kappa shape index (κ2) is 7.96. The number of benzene rings is 1. The first kappa shape index (κ1) is 15.7.